The number of nitrogens with one attached hydrogen (secondary N) is 1. The summed E-state index contributed by atoms with van der Waals surface area (Å²) in [5.74, 6) is -1.29. The van der Waals surface area contributed by atoms with E-state index < -0.39 is 23.4 Å². The third-order valence-corrected chi connectivity index (χ3v) is 4.49. The summed E-state index contributed by atoms with van der Waals surface area (Å²) >= 11 is 0. The first kappa shape index (κ1) is 22.0. The Morgan fingerprint density at radius 2 is 1.75 bits per heavy atom. The molecule has 3 aromatic carbocycles. The number of rotatable bonds is 7. The van der Waals surface area contributed by atoms with Crippen molar-refractivity contribution < 1.29 is 24.0 Å². The molecule has 0 heterocycles. The summed E-state index contributed by atoms with van der Waals surface area (Å²) in [5.41, 5.74) is 1.68. The minimum atomic E-state index is -0.737. The summed E-state index contributed by atoms with van der Waals surface area (Å²) in [5, 5.41) is 22.7. The number of amides is 1. The van der Waals surface area contributed by atoms with Crippen molar-refractivity contribution in [2.24, 2.45) is 0 Å². The van der Waals surface area contributed by atoms with Crippen molar-refractivity contribution in [2.75, 3.05) is 19.0 Å². The second-order valence-electron chi connectivity index (χ2n) is 6.47. The molecule has 0 fully saturated rings. The van der Waals surface area contributed by atoms with Crippen LogP contribution in [0.5, 0.6) is 5.75 Å². The standard InChI is InChI=1S/C23H17N3O6/c1-31-21-12-16(26(29)30)10-11-20(21)25-22(27)14-32-23(28)19-9-5-4-8-18(19)17-7-3-2-6-15(17)13-24/h2-12H,14H2,1H3,(H,25,27). The van der Waals surface area contributed by atoms with Crippen LogP contribution in [0.2, 0.25) is 0 Å². The predicted octanol–water partition coefficient (Wildman–Crippen LogP) is 3.94. The van der Waals surface area contributed by atoms with Gasteiger partial charge in [0.1, 0.15) is 5.75 Å². The summed E-state index contributed by atoms with van der Waals surface area (Å²) in [7, 11) is 1.31. The van der Waals surface area contributed by atoms with Crippen molar-refractivity contribution in [3.8, 4) is 22.9 Å². The van der Waals surface area contributed by atoms with Gasteiger partial charge in [-0.2, -0.15) is 5.26 Å². The van der Waals surface area contributed by atoms with E-state index in [-0.39, 0.29) is 22.7 Å². The van der Waals surface area contributed by atoms with Gasteiger partial charge in [0, 0.05) is 11.6 Å². The van der Waals surface area contributed by atoms with Crippen LogP contribution in [0, 0.1) is 21.4 Å². The number of carbonyl (C=O) groups excluding carboxylic acids is 2. The molecule has 0 radical (unpaired) electrons. The van der Waals surface area contributed by atoms with Crippen molar-refractivity contribution in [3.05, 3.63) is 88.0 Å². The van der Waals surface area contributed by atoms with Crippen molar-refractivity contribution in [1.82, 2.24) is 0 Å². The molecule has 3 aromatic rings. The van der Waals surface area contributed by atoms with E-state index in [1.54, 1.807) is 48.5 Å². The number of nitro groups is 1. The Bertz CT molecular complexity index is 1230. The van der Waals surface area contributed by atoms with Crippen LogP contribution >= 0.6 is 0 Å². The van der Waals surface area contributed by atoms with Gasteiger partial charge in [-0.1, -0.05) is 36.4 Å². The maximum absolute atomic E-state index is 12.7. The summed E-state index contributed by atoms with van der Waals surface area (Å²) in [6.45, 7) is -0.590. The zero-order chi connectivity index (χ0) is 23.1. The number of ether oxygens (including phenoxy) is 2. The third kappa shape index (κ3) is 4.88. The van der Waals surface area contributed by atoms with Crippen LogP contribution in [0.4, 0.5) is 11.4 Å². The van der Waals surface area contributed by atoms with E-state index >= 15 is 0 Å². The number of benzene rings is 3. The topological polar surface area (TPSA) is 132 Å². The zero-order valence-corrected chi connectivity index (χ0v) is 16.9. The number of nitrogens with zero attached hydrogens (tertiary/aromatic N) is 2. The molecule has 3 rings (SSSR count). The molecule has 0 bridgehead atoms. The maximum Gasteiger partial charge on any atom is 0.339 e. The molecule has 9 nitrogen and oxygen atoms in total. The number of methoxy groups -OCH3 is 1. The molecule has 0 saturated carbocycles. The van der Waals surface area contributed by atoms with Gasteiger partial charge in [0.05, 0.1) is 41.0 Å². The number of hydrogen-bond acceptors (Lipinski definition) is 7. The number of nitriles is 1. The van der Waals surface area contributed by atoms with E-state index in [1.165, 1.54) is 25.3 Å². The monoisotopic (exact) mass is 431 g/mol. The number of carbonyl (C=O) groups is 2. The van der Waals surface area contributed by atoms with Gasteiger partial charge in [-0.3, -0.25) is 14.9 Å². The van der Waals surface area contributed by atoms with E-state index in [4.69, 9.17) is 9.47 Å². The van der Waals surface area contributed by atoms with Gasteiger partial charge in [0.2, 0.25) is 0 Å². The maximum atomic E-state index is 12.7. The average Bonchev–Trinajstić information content (AvgIpc) is 2.82. The molecule has 0 spiro atoms. The van der Waals surface area contributed by atoms with Crippen LogP contribution < -0.4 is 10.1 Å². The van der Waals surface area contributed by atoms with Gasteiger partial charge in [-0.15, -0.1) is 0 Å². The molecule has 160 valence electrons. The van der Waals surface area contributed by atoms with Gasteiger partial charge in [-0.25, -0.2) is 4.79 Å². The molecule has 0 unspecified atom stereocenters. The fourth-order valence-corrected chi connectivity index (χ4v) is 3.00. The Hall–Kier alpha value is -4.71. The van der Waals surface area contributed by atoms with Crippen molar-refractivity contribution >= 4 is 23.3 Å². The van der Waals surface area contributed by atoms with Crippen molar-refractivity contribution in [3.63, 3.8) is 0 Å². The van der Waals surface area contributed by atoms with Crippen LogP contribution in [0.25, 0.3) is 11.1 Å². The zero-order valence-electron chi connectivity index (χ0n) is 16.9. The Morgan fingerprint density at radius 3 is 2.44 bits per heavy atom. The summed E-state index contributed by atoms with van der Waals surface area (Å²) in [6.07, 6.45) is 0. The van der Waals surface area contributed by atoms with Gasteiger partial charge >= 0.3 is 5.97 Å². The second kappa shape index (κ2) is 9.86. The lowest BCUT2D eigenvalue weighted by atomic mass is 9.96. The first-order valence-electron chi connectivity index (χ1n) is 9.32. The number of hydrogen-bond donors (Lipinski definition) is 1. The predicted molar refractivity (Wildman–Crippen MR) is 115 cm³/mol. The van der Waals surface area contributed by atoms with Crippen LogP contribution in [0.3, 0.4) is 0 Å². The third-order valence-electron chi connectivity index (χ3n) is 4.49. The van der Waals surface area contributed by atoms with E-state index in [0.29, 0.717) is 16.7 Å². The quantitative estimate of drug-likeness (QED) is 0.340. The summed E-state index contributed by atoms with van der Waals surface area (Å²) in [4.78, 5) is 35.2. The highest BCUT2D eigenvalue weighted by Gasteiger charge is 2.18. The number of non-ortho nitro benzene ring substituents is 1. The van der Waals surface area contributed by atoms with E-state index in [0.717, 1.165) is 0 Å². The smallest absolute Gasteiger partial charge is 0.339 e. The molecule has 0 aliphatic rings. The first-order valence-corrected chi connectivity index (χ1v) is 9.32. The second-order valence-corrected chi connectivity index (χ2v) is 6.47. The Kier molecular flexibility index (Phi) is 6.78. The summed E-state index contributed by atoms with van der Waals surface area (Å²) < 4.78 is 10.2. The SMILES string of the molecule is COc1cc([N+](=O)[O-])ccc1NC(=O)COC(=O)c1ccccc1-c1ccccc1C#N. The normalized spacial score (nSPS) is 10.0. The lowest BCUT2D eigenvalue weighted by Gasteiger charge is -2.12. The molecular weight excluding hydrogens is 414 g/mol. The molecule has 0 aliphatic carbocycles. The van der Waals surface area contributed by atoms with Crippen LogP contribution in [-0.4, -0.2) is 30.5 Å². The first-order chi connectivity index (χ1) is 15.4. The fraction of sp³-hybridized carbons (Fsp3) is 0.0870. The number of nitro benzene ring substituents is 1. The van der Waals surface area contributed by atoms with Crippen LogP contribution in [-0.2, 0) is 9.53 Å². The molecule has 0 atom stereocenters. The average molecular weight is 431 g/mol. The summed E-state index contributed by atoms with van der Waals surface area (Å²) in [6, 6.07) is 19.3. The number of esters is 1. The molecule has 9 heteroatoms. The molecular formula is C23H17N3O6. The molecule has 0 aliphatic heterocycles. The lowest BCUT2D eigenvalue weighted by molar-refractivity contribution is -0.384. The highest BCUT2D eigenvalue weighted by molar-refractivity contribution is 6.00. The molecule has 1 N–H and O–H groups in total. The molecule has 32 heavy (non-hydrogen) atoms. The lowest BCUT2D eigenvalue weighted by Crippen LogP contribution is -2.21. The van der Waals surface area contributed by atoms with Crippen LogP contribution in [0.15, 0.2) is 66.7 Å². The highest BCUT2D eigenvalue weighted by atomic mass is 16.6. The van der Waals surface area contributed by atoms with E-state index in [1.807, 2.05) is 0 Å². The van der Waals surface area contributed by atoms with Crippen molar-refractivity contribution in [2.45, 2.75) is 0 Å². The van der Waals surface area contributed by atoms with E-state index in [2.05, 4.69) is 11.4 Å². The largest absolute Gasteiger partial charge is 0.494 e. The minimum Gasteiger partial charge on any atom is -0.494 e. The van der Waals surface area contributed by atoms with Gasteiger partial charge in [-0.05, 0) is 23.8 Å². The minimum absolute atomic E-state index is 0.0948. The number of anilines is 1. The van der Waals surface area contributed by atoms with Crippen molar-refractivity contribution in [1.29, 1.82) is 5.26 Å². The Balaban J connectivity index is 1.73. The molecule has 1 amide bonds. The highest BCUT2D eigenvalue weighted by Crippen LogP contribution is 2.29. The fourth-order valence-electron chi connectivity index (χ4n) is 3.00. The van der Waals surface area contributed by atoms with Gasteiger partial charge in [0.15, 0.2) is 6.61 Å². The Labute approximate surface area is 183 Å². The molecule has 0 saturated heterocycles. The Morgan fingerprint density at radius 1 is 1.06 bits per heavy atom. The molecule has 0 aromatic heterocycles. The van der Waals surface area contributed by atoms with Gasteiger partial charge in [0.25, 0.3) is 11.6 Å². The van der Waals surface area contributed by atoms with E-state index in [9.17, 15) is 25.0 Å². The van der Waals surface area contributed by atoms with Crippen LogP contribution in [0.1, 0.15) is 15.9 Å². The van der Waals surface area contributed by atoms with Gasteiger partial charge < -0.3 is 14.8 Å².